The molecule has 1 heterocycles. The normalized spacial score (nSPS) is 12.9. The fraction of sp³-hybridized carbons (Fsp3) is 0.500. The molecule has 1 atom stereocenters. The third kappa shape index (κ3) is 3.64. The molecule has 0 bridgehead atoms. The van der Waals surface area contributed by atoms with Crippen LogP contribution >= 0.6 is 0 Å². The highest BCUT2D eigenvalue weighted by atomic mass is 32.2. The molecule has 2 rings (SSSR count). The summed E-state index contributed by atoms with van der Waals surface area (Å²) in [5.41, 5.74) is 2.24. The predicted molar refractivity (Wildman–Crippen MR) is 80.7 cm³/mol. The number of rotatable bonds is 7. The molecule has 1 aromatic heterocycles. The summed E-state index contributed by atoms with van der Waals surface area (Å²) in [6.45, 7) is 4.65. The van der Waals surface area contributed by atoms with Crippen molar-refractivity contribution in [3.05, 3.63) is 30.1 Å². The van der Waals surface area contributed by atoms with Crippen molar-refractivity contribution in [2.45, 2.75) is 26.4 Å². The third-order valence-electron chi connectivity index (χ3n) is 3.03. The Balaban J connectivity index is 2.12. The second-order valence-electron chi connectivity index (χ2n) is 4.62. The van der Waals surface area contributed by atoms with Crippen molar-refractivity contribution in [2.75, 3.05) is 18.6 Å². The molecule has 0 aliphatic heterocycles. The molecule has 0 aliphatic carbocycles. The van der Waals surface area contributed by atoms with Crippen molar-refractivity contribution in [3.8, 4) is 0 Å². The number of nitrogens with one attached hydrogen (secondary N) is 1. The zero-order chi connectivity index (χ0) is 13.7. The van der Waals surface area contributed by atoms with E-state index >= 15 is 0 Å². The summed E-state index contributed by atoms with van der Waals surface area (Å²) in [5, 5.41) is 3.32. The van der Waals surface area contributed by atoms with Gasteiger partial charge in [-0.25, -0.2) is 4.98 Å². The van der Waals surface area contributed by atoms with E-state index in [0.29, 0.717) is 5.75 Å². The molecular weight excluding hydrogens is 258 g/mol. The maximum Gasteiger partial charge on any atom is 0.123 e. The molecular formula is C14H21N3OS. The summed E-state index contributed by atoms with van der Waals surface area (Å²) in [6.07, 6.45) is 2.82. The van der Waals surface area contributed by atoms with E-state index in [4.69, 9.17) is 0 Å². The molecule has 0 fully saturated rings. The van der Waals surface area contributed by atoms with Gasteiger partial charge in [-0.2, -0.15) is 0 Å². The number of nitrogens with zero attached hydrogens (tertiary/aromatic N) is 2. The Hall–Kier alpha value is -1.20. The number of para-hydroxylation sites is 2. The zero-order valence-electron chi connectivity index (χ0n) is 11.6. The van der Waals surface area contributed by atoms with Crippen LogP contribution in [0.1, 0.15) is 19.2 Å². The highest BCUT2D eigenvalue weighted by molar-refractivity contribution is 7.84. The van der Waals surface area contributed by atoms with E-state index in [1.54, 1.807) is 6.26 Å². The molecule has 1 aromatic carbocycles. The van der Waals surface area contributed by atoms with Crippen molar-refractivity contribution in [3.63, 3.8) is 0 Å². The summed E-state index contributed by atoms with van der Waals surface area (Å²) in [7, 11) is -0.737. The first-order valence-corrected chi connectivity index (χ1v) is 8.40. The van der Waals surface area contributed by atoms with Crippen LogP contribution in [0.5, 0.6) is 0 Å². The number of aromatic nitrogens is 2. The highest BCUT2D eigenvalue weighted by Gasteiger charge is 2.08. The van der Waals surface area contributed by atoms with Crippen LogP contribution in [0.25, 0.3) is 11.0 Å². The standard InChI is InChI=1S/C14H21N3OS/c1-3-9-17-13-7-5-4-6-12(13)16-14(17)11-15-8-10-19(2)18/h4-7,15H,3,8-11H2,1-2H3. The van der Waals surface area contributed by atoms with Crippen LogP contribution in [0.2, 0.25) is 0 Å². The van der Waals surface area contributed by atoms with Crippen LogP contribution < -0.4 is 5.32 Å². The monoisotopic (exact) mass is 279 g/mol. The number of hydrogen-bond acceptors (Lipinski definition) is 3. The summed E-state index contributed by atoms with van der Waals surface area (Å²) in [4.78, 5) is 4.67. The van der Waals surface area contributed by atoms with E-state index in [1.807, 2.05) is 18.2 Å². The largest absolute Gasteiger partial charge is 0.327 e. The van der Waals surface area contributed by atoms with E-state index in [0.717, 1.165) is 37.4 Å². The van der Waals surface area contributed by atoms with E-state index in [-0.39, 0.29) is 0 Å². The minimum Gasteiger partial charge on any atom is -0.327 e. The maximum atomic E-state index is 11.0. The number of imidazole rings is 1. The first-order valence-electron chi connectivity index (χ1n) is 6.67. The topological polar surface area (TPSA) is 46.9 Å². The molecule has 104 valence electrons. The Morgan fingerprint density at radius 1 is 1.37 bits per heavy atom. The average molecular weight is 279 g/mol. The molecule has 4 nitrogen and oxygen atoms in total. The van der Waals surface area contributed by atoms with Crippen LogP contribution in [-0.4, -0.2) is 32.3 Å². The van der Waals surface area contributed by atoms with E-state index in [2.05, 4.69) is 27.9 Å². The van der Waals surface area contributed by atoms with Gasteiger partial charge in [0.15, 0.2) is 0 Å². The lowest BCUT2D eigenvalue weighted by Gasteiger charge is -2.08. The van der Waals surface area contributed by atoms with Gasteiger partial charge in [0.25, 0.3) is 0 Å². The zero-order valence-corrected chi connectivity index (χ0v) is 12.4. The lowest BCUT2D eigenvalue weighted by atomic mass is 10.3. The molecule has 1 unspecified atom stereocenters. The Labute approximate surface area is 116 Å². The second-order valence-corrected chi connectivity index (χ2v) is 6.18. The second kappa shape index (κ2) is 6.82. The van der Waals surface area contributed by atoms with E-state index < -0.39 is 10.8 Å². The number of aryl methyl sites for hydroxylation is 1. The van der Waals surface area contributed by atoms with Gasteiger partial charge in [0.05, 0.1) is 17.6 Å². The summed E-state index contributed by atoms with van der Waals surface area (Å²) >= 11 is 0. The maximum absolute atomic E-state index is 11.0. The van der Waals surface area contributed by atoms with Crippen molar-refractivity contribution >= 4 is 21.8 Å². The van der Waals surface area contributed by atoms with Gasteiger partial charge in [0.1, 0.15) is 5.82 Å². The SMILES string of the molecule is CCCn1c(CNCCS(C)=O)nc2ccccc21. The van der Waals surface area contributed by atoms with Gasteiger partial charge in [-0.15, -0.1) is 0 Å². The van der Waals surface area contributed by atoms with Crippen molar-refractivity contribution in [1.29, 1.82) is 0 Å². The van der Waals surface area contributed by atoms with E-state index in [1.165, 1.54) is 5.52 Å². The fourth-order valence-corrected chi connectivity index (χ4v) is 2.58. The summed E-state index contributed by atoms with van der Waals surface area (Å²) in [5.74, 6) is 1.75. The molecule has 0 saturated heterocycles. The Kier molecular flexibility index (Phi) is 5.10. The molecule has 5 heteroatoms. The van der Waals surface area contributed by atoms with Gasteiger partial charge in [-0.3, -0.25) is 4.21 Å². The van der Waals surface area contributed by atoms with E-state index in [9.17, 15) is 4.21 Å². The Bertz CT molecular complexity index is 565. The first-order chi connectivity index (χ1) is 9.22. The third-order valence-corrected chi connectivity index (χ3v) is 3.81. The van der Waals surface area contributed by atoms with Crippen LogP contribution in [0.3, 0.4) is 0 Å². The number of benzene rings is 1. The first kappa shape index (κ1) is 14.2. The average Bonchev–Trinajstić information content (AvgIpc) is 2.74. The summed E-state index contributed by atoms with van der Waals surface area (Å²) in [6, 6.07) is 8.23. The minimum absolute atomic E-state index is 0.688. The molecule has 0 amide bonds. The van der Waals surface area contributed by atoms with Gasteiger partial charge in [-0.1, -0.05) is 19.1 Å². The minimum atomic E-state index is -0.737. The Morgan fingerprint density at radius 2 is 2.16 bits per heavy atom. The molecule has 2 aromatic rings. The predicted octanol–water partition coefficient (Wildman–Crippen LogP) is 1.91. The van der Waals surface area contributed by atoms with Gasteiger partial charge in [-0.05, 0) is 18.6 Å². The van der Waals surface area contributed by atoms with Gasteiger partial charge >= 0.3 is 0 Å². The van der Waals surface area contributed by atoms with Gasteiger partial charge in [0.2, 0.25) is 0 Å². The quantitative estimate of drug-likeness (QED) is 0.788. The molecule has 1 N–H and O–H groups in total. The smallest absolute Gasteiger partial charge is 0.123 e. The van der Waals surface area contributed by atoms with Crippen molar-refractivity contribution in [2.24, 2.45) is 0 Å². The van der Waals surface area contributed by atoms with Crippen LogP contribution in [-0.2, 0) is 23.9 Å². The lowest BCUT2D eigenvalue weighted by molar-refractivity contribution is 0.609. The van der Waals surface area contributed by atoms with Crippen LogP contribution in [0.4, 0.5) is 0 Å². The van der Waals surface area contributed by atoms with Crippen LogP contribution in [0, 0.1) is 0 Å². The van der Waals surface area contributed by atoms with Crippen LogP contribution in [0.15, 0.2) is 24.3 Å². The molecule has 0 aliphatic rings. The highest BCUT2D eigenvalue weighted by Crippen LogP contribution is 2.16. The number of fused-ring (bicyclic) bond motifs is 1. The number of hydrogen-bond donors (Lipinski definition) is 1. The van der Waals surface area contributed by atoms with Gasteiger partial charge in [0, 0.05) is 35.9 Å². The summed E-state index contributed by atoms with van der Waals surface area (Å²) < 4.78 is 13.3. The van der Waals surface area contributed by atoms with Crippen molar-refractivity contribution in [1.82, 2.24) is 14.9 Å². The Morgan fingerprint density at radius 3 is 2.89 bits per heavy atom. The molecule has 0 saturated carbocycles. The van der Waals surface area contributed by atoms with Gasteiger partial charge < -0.3 is 9.88 Å². The van der Waals surface area contributed by atoms with Crippen molar-refractivity contribution < 1.29 is 4.21 Å². The molecule has 0 radical (unpaired) electrons. The lowest BCUT2D eigenvalue weighted by Crippen LogP contribution is -2.22. The molecule has 0 spiro atoms. The molecule has 19 heavy (non-hydrogen) atoms. The fourth-order valence-electron chi connectivity index (χ4n) is 2.15.